The summed E-state index contributed by atoms with van der Waals surface area (Å²) in [7, 11) is 0. The fraction of sp³-hybridized carbons (Fsp3) is 0.800. The van der Waals surface area contributed by atoms with Gasteiger partial charge < -0.3 is 5.11 Å². The van der Waals surface area contributed by atoms with Gasteiger partial charge in [-0.2, -0.15) is 0 Å². The van der Waals surface area contributed by atoms with Crippen LogP contribution in [0, 0.1) is 11.8 Å². The molecule has 64 valence electrons. The molecule has 0 bridgehead atoms. The molecule has 0 spiro atoms. The van der Waals surface area contributed by atoms with E-state index in [0.29, 0.717) is 11.8 Å². The number of hydrogen-bond donors (Lipinski definition) is 1. The lowest BCUT2D eigenvalue weighted by atomic mass is 9.78. The Morgan fingerprint density at radius 1 is 1.45 bits per heavy atom. The summed E-state index contributed by atoms with van der Waals surface area (Å²) in [5, 5.41) is 9.65. The van der Waals surface area contributed by atoms with Crippen molar-refractivity contribution in [2.24, 2.45) is 11.8 Å². The summed E-state index contributed by atoms with van der Waals surface area (Å²) < 4.78 is 0. The zero-order valence-corrected chi connectivity index (χ0v) is 7.51. The Balaban J connectivity index is 2.50. The summed E-state index contributed by atoms with van der Waals surface area (Å²) in [4.78, 5) is 0. The Hall–Kier alpha value is -0.300. The summed E-state index contributed by atoms with van der Waals surface area (Å²) in [6, 6.07) is 0. The Bertz CT molecular complexity index is 151. The molecule has 1 aliphatic carbocycles. The van der Waals surface area contributed by atoms with Crippen LogP contribution in [-0.2, 0) is 0 Å². The third-order valence-corrected chi connectivity index (χ3v) is 2.71. The molecule has 0 aromatic heterocycles. The summed E-state index contributed by atoms with van der Waals surface area (Å²) >= 11 is 0. The minimum Gasteiger partial charge on any atom is -0.392 e. The molecule has 0 amide bonds. The number of hydrogen-bond acceptors (Lipinski definition) is 1. The van der Waals surface area contributed by atoms with Gasteiger partial charge in [0.1, 0.15) is 0 Å². The molecule has 0 heterocycles. The molecule has 3 atom stereocenters. The van der Waals surface area contributed by atoms with Crippen molar-refractivity contribution in [1.29, 1.82) is 0 Å². The van der Waals surface area contributed by atoms with Crippen LogP contribution in [0.25, 0.3) is 0 Å². The molecule has 1 N–H and O–H groups in total. The van der Waals surface area contributed by atoms with Gasteiger partial charge in [0.25, 0.3) is 0 Å². The van der Waals surface area contributed by atoms with Crippen molar-refractivity contribution in [2.45, 2.75) is 39.2 Å². The third-order valence-electron chi connectivity index (χ3n) is 2.71. The zero-order chi connectivity index (χ0) is 8.43. The molecular weight excluding hydrogens is 136 g/mol. The summed E-state index contributed by atoms with van der Waals surface area (Å²) in [5.74, 6) is 1.06. The van der Waals surface area contributed by atoms with Crippen molar-refractivity contribution in [2.75, 3.05) is 0 Å². The largest absolute Gasteiger partial charge is 0.392 e. The maximum atomic E-state index is 9.65. The van der Waals surface area contributed by atoms with Crippen molar-refractivity contribution in [1.82, 2.24) is 0 Å². The molecule has 0 aromatic rings. The van der Waals surface area contributed by atoms with Gasteiger partial charge in [-0.05, 0) is 32.1 Å². The SMILES string of the molecule is C=C(C)[C@H]1CC[C@@H](C)C[C@@H]1O. The minimum atomic E-state index is -0.128. The van der Waals surface area contributed by atoms with Gasteiger partial charge in [0.2, 0.25) is 0 Å². The zero-order valence-electron chi connectivity index (χ0n) is 7.51. The molecule has 1 saturated carbocycles. The molecule has 1 rings (SSSR count). The number of aliphatic hydroxyl groups excluding tert-OH is 1. The maximum Gasteiger partial charge on any atom is 0.0607 e. The first-order valence-electron chi connectivity index (χ1n) is 4.44. The van der Waals surface area contributed by atoms with E-state index < -0.39 is 0 Å². The van der Waals surface area contributed by atoms with Crippen molar-refractivity contribution >= 4 is 0 Å². The second-order valence-electron chi connectivity index (χ2n) is 3.94. The number of rotatable bonds is 1. The summed E-state index contributed by atoms with van der Waals surface area (Å²) in [6.07, 6.45) is 3.19. The molecule has 1 nitrogen and oxygen atoms in total. The normalized spacial score (nSPS) is 38.6. The molecular formula is C10H18O. The van der Waals surface area contributed by atoms with E-state index in [4.69, 9.17) is 0 Å². The van der Waals surface area contributed by atoms with Gasteiger partial charge >= 0.3 is 0 Å². The highest BCUT2D eigenvalue weighted by atomic mass is 16.3. The van der Waals surface area contributed by atoms with E-state index in [1.165, 1.54) is 6.42 Å². The molecule has 0 unspecified atom stereocenters. The molecule has 11 heavy (non-hydrogen) atoms. The lowest BCUT2D eigenvalue weighted by molar-refractivity contribution is 0.0656. The van der Waals surface area contributed by atoms with E-state index in [-0.39, 0.29) is 6.10 Å². The quantitative estimate of drug-likeness (QED) is 0.575. The molecule has 1 aliphatic rings. The van der Waals surface area contributed by atoms with E-state index in [0.717, 1.165) is 18.4 Å². The van der Waals surface area contributed by atoms with Gasteiger partial charge in [-0.3, -0.25) is 0 Å². The average molecular weight is 154 g/mol. The topological polar surface area (TPSA) is 20.2 Å². The smallest absolute Gasteiger partial charge is 0.0607 e. The van der Waals surface area contributed by atoms with Crippen LogP contribution >= 0.6 is 0 Å². The van der Waals surface area contributed by atoms with Crippen LogP contribution in [0.2, 0.25) is 0 Å². The Morgan fingerprint density at radius 2 is 2.09 bits per heavy atom. The van der Waals surface area contributed by atoms with Crippen molar-refractivity contribution in [3.05, 3.63) is 12.2 Å². The average Bonchev–Trinajstić information content (AvgIpc) is 1.85. The molecule has 1 heteroatoms. The van der Waals surface area contributed by atoms with Crippen LogP contribution in [0.15, 0.2) is 12.2 Å². The first-order chi connectivity index (χ1) is 5.11. The van der Waals surface area contributed by atoms with Crippen LogP contribution in [0.5, 0.6) is 0 Å². The van der Waals surface area contributed by atoms with Crippen molar-refractivity contribution < 1.29 is 5.11 Å². The standard InChI is InChI=1S/C10H18O/c1-7(2)9-5-4-8(3)6-10(9)11/h8-11H,1,4-6H2,2-3H3/t8-,9-,10+/m1/s1. The predicted octanol–water partition coefficient (Wildman–Crippen LogP) is 2.36. The molecule has 0 aromatic carbocycles. The van der Waals surface area contributed by atoms with Crippen LogP contribution in [0.4, 0.5) is 0 Å². The second kappa shape index (κ2) is 3.40. The first-order valence-corrected chi connectivity index (χ1v) is 4.44. The summed E-state index contributed by atoms with van der Waals surface area (Å²) in [6.45, 7) is 8.12. The van der Waals surface area contributed by atoms with Crippen molar-refractivity contribution in [3.63, 3.8) is 0 Å². The van der Waals surface area contributed by atoms with Crippen LogP contribution < -0.4 is 0 Å². The minimum absolute atomic E-state index is 0.128. The maximum absolute atomic E-state index is 9.65. The first kappa shape index (κ1) is 8.79. The van der Waals surface area contributed by atoms with E-state index in [2.05, 4.69) is 13.5 Å². The fourth-order valence-corrected chi connectivity index (χ4v) is 1.93. The van der Waals surface area contributed by atoms with Gasteiger partial charge in [-0.15, -0.1) is 0 Å². The molecule has 0 aliphatic heterocycles. The van der Waals surface area contributed by atoms with Gasteiger partial charge in [-0.1, -0.05) is 19.1 Å². The van der Waals surface area contributed by atoms with Gasteiger partial charge in [0.15, 0.2) is 0 Å². The highest BCUT2D eigenvalue weighted by Crippen LogP contribution is 2.32. The lowest BCUT2D eigenvalue weighted by Crippen LogP contribution is -2.28. The highest BCUT2D eigenvalue weighted by Gasteiger charge is 2.26. The van der Waals surface area contributed by atoms with Gasteiger partial charge in [0, 0.05) is 5.92 Å². The lowest BCUT2D eigenvalue weighted by Gasteiger charge is -2.31. The van der Waals surface area contributed by atoms with Gasteiger partial charge in [0.05, 0.1) is 6.10 Å². The third kappa shape index (κ3) is 2.06. The predicted molar refractivity (Wildman–Crippen MR) is 47.3 cm³/mol. The van der Waals surface area contributed by atoms with Gasteiger partial charge in [-0.25, -0.2) is 0 Å². The van der Waals surface area contributed by atoms with Crippen LogP contribution in [0.1, 0.15) is 33.1 Å². The second-order valence-corrected chi connectivity index (χ2v) is 3.94. The summed E-state index contributed by atoms with van der Waals surface area (Å²) in [5.41, 5.74) is 1.14. The van der Waals surface area contributed by atoms with Crippen LogP contribution in [0.3, 0.4) is 0 Å². The van der Waals surface area contributed by atoms with E-state index in [9.17, 15) is 5.11 Å². The Labute approximate surface area is 69.1 Å². The van der Waals surface area contributed by atoms with E-state index in [1.54, 1.807) is 0 Å². The molecule has 1 fully saturated rings. The fourth-order valence-electron chi connectivity index (χ4n) is 1.93. The van der Waals surface area contributed by atoms with E-state index in [1.807, 2.05) is 6.92 Å². The van der Waals surface area contributed by atoms with E-state index >= 15 is 0 Å². The Morgan fingerprint density at radius 3 is 2.55 bits per heavy atom. The van der Waals surface area contributed by atoms with Crippen LogP contribution in [-0.4, -0.2) is 11.2 Å². The highest BCUT2D eigenvalue weighted by molar-refractivity contribution is 5.01. The number of aliphatic hydroxyl groups is 1. The Kier molecular flexibility index (Phi) is 2.72. The molecule has 0 radical (unpaired) electrons. The van der Waals surface area contributed by atoms with Crippen molar-refractivity contribution in [3.8, 4) is 0 Å². The molecule has 0 saturated heterocycles. The monoisotopic (exact) mass is 154 g/mol.